The molecule has 19 heavy (non-hydrogen) atoms. The maximum atomic E-state index is 11.8. The van der Waals surface area contributed by atoms with Gasteiger partial charge in [-0.05, 0) is 18.9 Å². The molecule has 0 fully saturated rings. The van der Waals surface area contributed by atoms with Crippen molar-refractivity contribution in [3.8, 4) is 0 Å². The number of carbonyl (C=O) groups excluding carboxylic acids is 1. The number of amides is 1. The molecular weight excluding hydrogens is 262 g/mol. The van der Waals surface area contributed by atoms with Crippen LogP contribution in [0.4, 0.5) is 5.13 Å². The molecule has 0 aliphatic heterocycles. The van der Waals surface area contributed by atoms with E-state index in [1.165, 1.54) is 11.3 Å². The highest BCUT2D eigenvalue weighted by molar-refractivity contribution is 7.15. The fourth-order valence-corrected chi connectivity index (χ4v) is 2.81. The van der Waals surface area contributed by atoms with E-state index in [-0.39, 0.29) is 12.5 Å². The molecule has 0 aliphatic rings. The van der Waals surface area contributed by atoms with Gasteiger partial charge in [-0.3, -0.25) is 14.8 Å². The molecule has 102 valence electrons. The molecule has 2 aromatic heterocycles. The molecular formula is C12H17N5OS. The van der Waals surface area contributed by atoms with E-state index in [1.54, 1.807) is 23.1 Å². The van der Waals surface area contributed by atoms with Gasteiger partial charge in [0.15, 0.2) is 0 Å². The van der Waals surface area contributed by atoms with E-state index in [0.29, 0.717) is 11.0 Å². The molecule has 1 N–H and O–H groups in total. The zero-order valence-electron chi connectivity index (χ0n) is 11.0. The Morgan fingerprint density at radius 3 is 2.84 bits per heavy atom. The summed E-state index contributed by atoms with van der Waals surface area (Å²) in [5.74, 6) is 0.283. The summed E-state index contributed by atoms with van der Waals surface area (Å²) in [6, 6.07) is 1.78. The van der Waals surface area contributed by atoms with Gasteiger partial charge in [0.2, 0.25) is 11.0 Å². The number of hydrogen-bond donors (Lipinski definition) is 1. The zero-order chi connectivity index (χ0) is 13.7. The molecule has 0 spiro atoms. The van der Waals surface area contributed by atoms with Crippen molar-refractivity contribution >= 4 is 22.4 Å². The third-order valence-corrected chi connectivity index (χ3v) is 3.89. The zero-order valence-corrected chi connectivity index (χ0v) is 11.9. The van der Waals surface area contributed by atoms with Crippen molar-refractivity contribution in [3.63, 3.8) is 0 Å². The lowest BCUT2D eigenvalue weighted by Gasteiger charge is -2.05. The van der Waals surface area contributed by atoms with E-state index in [4.69, 9.17) is 0 Å². The second-order valence-electron chi connectivity index (χ2n) is 4.21. The van der Waals surface area contributed by atoms with Gasteiger partial charge < -0.3 is 0 Å². The number of nitrogens with one attached hydrogen (secondary N) is 1. The summed E-state index contributed by atoms with van der Waals surface area (Å²) in [6.45, 7) is 4.45. The third-order valence-electron chi connectivity index (χ3n) is 2.89. The number of nitrogens with zero attached hydrogens (tertiary/aromatic N) is 4. The van der Waals surface area contributed by atoms with Crippen molar-refractivity contribution in [2.24, 2.45) is 0 Å². The van der Waals surface area contributed by atoms with E-state index in [2.05, 4.69) is 34.5 Å². The summed E-state index contributed by atoms with van der Waals surface area (Å²) in [5, 5.41) is 16.4. The summed E-state index contributed by atoms with van der Waals surface area (Å²) in [7, 11) is 0. The number of rotatable bonds is 6. The van der Waals surface area contributed by atoms with Crippen molar-refractivity contribution < 1.29 is 4.79 Å². The number of carbonyl (C=O) groups is 1. The number of anilines is 1. The minimum Gasteiger partial charge on any atom is -0.299 e. The first-order valence-corrected chi connectivity index (χ1v) is 7.15. The van der Waals surface area contributed by atoms with Gasteiger partial charge in [0.05, 0.1) is 0 Å². The highest BCUT2D eigenvalue weighted by Crippen LogP contribution is 2.27. The van der Waals surface area contributed by atoms with Gasteiger partial charge in [-0.1, -0.05) is 25.2 Å². The van der Waals surface area contributed by atoms with Crippen LogP contribution in [-0.2, 0) is 11.3 Å². The average molecular weight is 279 g/mol. The lowest BCUT2D eigenvalue weighted by Crippen LogP contribution is -2.18. The monoisotopic (exact) mass is 279 g/mol. The van der Waals surface area contributed by atoms with Crippen LogP contribution >= 0.6 is 11.3 Å². The van der Waals surface area contributed by atoms with E-state index >= 15 is 0 Å². The second kappa shape index (κ2) is 6.42. The summed E-state index contributed by atoms with van der Waals surface area (Å²) in [6.07, 6.45) is 5.46. The standard InChI is InChI=1S/C12H17N5OS/c1-3-9(4-2)11-15-16-12(19-11)14-10(18)8-17-7-5-6-13-17/h5-7,9H,3-4,8H2,1-2H3,(H,14,16,18). The lowest BCUT2D eigenvalue weighted by molar-refractivity contribution is -0.116. The van der Waals surface area contributed by atoms with Crippen LogP contribution in [0.25, 0.3) is 0 Å². The molecule has 0 bridgehead atoms. The van der Waals surface area contributed by atoms with Crippen LogP contribution in [0.15, 0.2) is 18.5 Å². The normalized spacial score (nSPS) is 10.9. The molecule has 0 aliphatic carbocycles. The number of aromatic nitrogens is 4. The van der Waals surface area contributed by atoms with Crippen molar-refractivity contribution in [1.29, 1.82) is 0 Å². The van der Waals surface area contributed by atoms with Crippen LogP contribution < -0.4 is 5.32 Å². The maximum absolute atomic E-state index is 11.8. The van der Waals surface area contributed by atoms with Gasteiger partial charge in [-0.2, -0.15) is 5.10 Å². The highest BCUT2D eigenvalue weighted by atomic mass is 32.1. The quantitative estimate of drug-likeness (QED) is 0.880. The summed E-state index contributed by atoms with van der Waals surface area (Å²) in [5.41, 5.74) is 0. The van der Waals surface area contributed by atoms with Gasteiger partial charge in [-0.25, -0.2) is 0 Å². The van der Waals surface area contributed by atoms with E-state index in [0.717, 1.165) is 17.8 Å². The molecule has 2 rings (SSSR count). The van der Waals surface area contributed by atoms with Crippen LogP contribution in [0, 0.1) is 0 Å². The molecule has 0 saturated carbocycles. The van der Waals surface area contributed by atoms with Crippen LogP contribution in [0.3, 0.4) is 0 Å². The van der Waals surface area contributed by atoms with Crippen molar-refractivity contribution in [1.82, 2.24) is 20.0 Å². The van der Waals surface area contributed by atoms with Gasteiger partial charge in [0.1, 0.15) is 11.6 Å². The average Bonchev–Trinajstić information content (AvgIpc) is 3.03. The van der Waals surface area contributed by atoms with E-state index < -0.39 is 0 Å². The fraction of sp³-hybridized carbons (Fsp3) is 0.500. The Hall–Kier alpha value is -1.76. The minimum atomic E-state index is -0.143. The Bertz CT molecular complexity index is 518. The smallest absolute Gasteiger partial charge is 0.247 e. The van der Waals surface area contributed by atoms with Crippen LogP contribution in [0.1, 0.15) is 37.6 Å². The van der Waals surface area contributed by atoms with Gasteiger partial charge in [-0.15, -0.1) is 10.2 Å². The molecule has 0 atom stereocenters. The Morgan fingerprint density at radius 2 is 2.21 bits per heavy atom. The number of hydrogen-bond acceptors (Lipinski definition) is 5. The van der Waals surface area contributed by atoms with Gasteiger partial charge in [0, 0.05) is 18.3 Å². The molecule has 0 saturated heterocycles. The molecule has 2 heterocycles. The predicted octanol–water partition coefficient (Wildman–Crippen LogP) is 2.28. The Kier molecular flexibility index (Phi) is 4.62. The first kappa shape index (κ1) is 13.7. The second-order valence-corrected chi connectivity index (χ2v) is 5.22. The molecule has 7 heteroatoms. The Morgan fingerprint density at radius 1 is 1.42 bits per heavy atom. The largest absolute Gasteiger partial charge is 0.299 e. The van der Waals surface area contributed by atoms with Gasteiger partial charge in [0.25, 0.3) is 0 Å². The van der Waals surface area contributed by atoms with Crippen LogP contribution in [0.5, 0.6) is 0 Å². The first-order valence-electron chi connectivity index (χ1n) is 6.33. The van der Waals surface area contributed by atoms with E-state index in [9.17, 15) is 4.79 Å². The summed E-state index contributed by atoms with van der Waals surface area (Å²) >= 11 is 1.45. The maximum Gasteiger partial charge on any atom is 0.247 e. The Labute approximate surface area is 115 Å². The van der Waals surface area contributed by atoms with E-state index in [1.807, 2.05) is 0 Å². The Balaban J connectivity index is 1.94. The predicted molar refractivity (Wildman–Crippen MR) is 74.1 cm³/mol. The fourth-order valence-electron chi connectivity index (χ4n) is 1.79. The van der Waals surface area contributed by atoms with Crippen LogP contribution in [0.2, 0.25) is 0 Å². The van der Waals surface area contributed by atoms with Crippen molar-refractivity contribution in [2.45, 2.75) is 39.2 Å². The molecule has 1 amide bonds. The van der Waals surface area contributed by atoms with Crippen molar-refractivity contribution in [3.05, 3.63) is 23.5 Å². The molecule has 2 aromatic rings. The van der Waals surface area contributed by atoms with Crippen LogP contribution in [-0.4, -0.2) is 25.9 Å². The molecule has 0 unspecified atom stereocenters. The SMILES string of the molecule is CCC(CC)c1nnc(NC(=O)Cn2cccn2)s1. The summed E-state index contributed by atoms with van der Waals surface area (Å²) < 4.78 is 1.57. The summed E-state index contributed by atoms with van der Waals surface area (Å²) in [4.78, 5) is 11.8. The third kappa shape index (κ3) is 3.60. The molecule has 0 radical (unpaired) electrons. The molecule has 6 nitrogen and oxygen atoms in total. The van der Waals surface area contributed by atoms with Gasteiger partial charge >= 0.3 is 0 Å². The lowest BCUT2D eigenvalue weighted by atomic mass is 10.1. The topological polar surface area (TPSA) is 72.7 Å². The van der Waals surface area contributed by atoms with Crippen molar-refractivity contribution in [2.75, 3.05) is 5.32 Å². The minimum absolute atomic E-state index is 0.143. The highest BCUT2D eigenvalue weighted by Gasteiger charge is 2.14. The molecule has 0 aromatic carbocycles. The first-order chi connectivity index (χ1) is 9.22.